The first kappa shape index (κ1) is 11.5. The molecule has 1 aliphatic rings. The van der Waals surface area contributed by atoms with Crippen LogP contribution >= 0.6 is 11.3 Å². The van der Waals surface area contributed by atoms with Crippen molar-refractivity contribution < 1.29 is 14.6 Å². The third-order valence-corrected chi connectivity index (χ3v) is 4.64. The lowest BCUT2D eigenvalue weighted by Crippen LogP contribution is -2.13. The summed E-state index contributed by atoms with van der Waals surface area (Å²) in [4.78, 5) is 11.0. The molecule has 0 atom stereocenters. The summed E-state index contributed by atoms with van der Waals surface area (Å²) >= 11 is 1.64. The molecule has 94 valence electrons. The first-order valence-electron chi connectivity index (χ1n) is 5.93. The molecular weight excluding hydrogens is 248 g/mol. The molecular formula is C14H14O3S. The molecule has 18 heavy (non-hydrogen) atoms. The molecule has 1 aromatic heterocycles. The molecule has 1 heterocycles. The fraction of sp³-hybridized carbons (Fsp3) is 0.357. The van der Waals surface area contributed by atoms with Gasteiger partial charge in [0.05, 0.1) is 18.2 Å². The van der Waals surface area contributed by atoms with Gasteiger partial charge >= 0.3 is 5.97 Å². The van der Waals surface area contributed by atoms with Crippen molar-refractivity contribution >= 4 is 27.4 Å². The van der Waals surface area contributed by atoms with Crippen molar-refractivity contribution in [3.05, 3.63) is 29.1 Å². The van der Waals surface area contributed by atoms with Crippen molar-refractivity contribution in [1.29, 1.82) is 0 Å². The number of aliphatic carboxylic acids is 1. The second-order valence-electron chi connectivity index (χ2n) is 4.83. The van der Waals surface area contributed by atoms with Gasteiger partial charge in [0.15, 0.2) is 0 Å². The van der Waals surface area contributed by atoms with Crippen molar-refractivity contribution in [3.63, 3.8) is 0 Å². The van der Waals surface area contributed by atoms with E-state index in [4.69, 9.17) is 9.84 Å². The molecule has 0 spiro atoms. The highest BCUT2D eigenvalue weighted by atomic mass is 32.1. The smallest absolute Gasteiger partial charge is 0.304 e. The Morgan fingerprint density at radius 1 is 1.44 bits per heavy atom. The average Bonchev–Trinajstić information content (AvgIpc) is 2.92. The van der Waals surface area contributed by atoms with E-state index in [1.165, 1.54) is 5.56 Å². The number of hydrogen-bond acceptors (Lipinski definition) is 3. The minimum absolute atomic E-state index is 0.141. The van der Waals surface area contributed by atoms with E-state index < -0.39 is 5.97 Å². The highest BCUT2D eigenvalue weighted by molar-refractivity contribution is 7.17. The second-order valence-corrected chi connectivity index (χ2v) is 5.75. The third kappa shape index (κ3) is 1.68. The number of hydrogen-bond donors (Lipinski definition) is 1. The Bertz CT molecular complexity index is 611. The van der Waals surface area contributed by atoms with Crippen molar-refractivity contribution in [3.8, 4) is 5.75 Å². The number of benzene rings is 1. The van der Waals surface area contributed by atoms with Crippen molar-refractivity contribution in [2.45, 2.75) is 24.7 Å². The summed E-state index contributed by atoms with van der Waals surface area (Å²) in [5.41, 5.74) is 1.03. The van der Waals surface area contributed by atoms with Gasteiger partial charge in [-0.05, 0) is 41.3 Å². The zero-order chi connectivity index (χ0) is 12.8. The van der Waals surface area contributed by atoms with Crippen LogP contribution in [0, 0.1) is 0 Å². The number of fused-ring (bicyclic) bond motifs is 1. The topological polar surface area (TPSA) is 46.5 Å². The van der Waals surface area contributed by atoms with E-state index in [1.54, 1.807) is 18.4 Å². The van der Waals surface area contributed by atoms with Crippen LogP contribution in [0.1, 0.15) is 24.8 Å². The van der Waals surface area contributed by atoms with Crippen LogP contribution in [-0.4, -0.2) is 18.2 Å². The van der Waals surface area contributed by atoms with E-state index in [0.717, 1.165) is 28.7 Å². The number of ether oxygens (including phenoxy) is 1. The van der Waals surface area contributed by atoms with Crippen LogP contribution in [0.2, 0.25) is 0 Å². The maximum Gasteiger partial charge on any atom is 0.304 e. The van der Waals surface area contributed by atoms with E-state index in [2.05, 4.69) is 6.07 Å². The van der Waals surface area contributed by atoms with Crippen LogP contribution in [0.4, 0.5) is 0 Å². The molecule has 0 radical (unpaired) electrons. The van der Waals surface area contributed by atoms with Gasteiger partial charge in [0.25, 0.3) is 0 Å². The van der Waals surface area contributed by atoms with E-state index >= 15 is 0 Å². The molecule has 0 saturated heterocycles. The van der Waals surface area contributed by atoms with Crippen molar-refractivity contribution in [1.82, 2.24) is 0 Å². The summed E-state index contributed by atoms with van der Waals surface area (Å²) in [5.74, 6) is 0.154. The maximum absolute atomic E-state index is 11.0. The Hall–Kier alpha value is -1.55. The predicted octanol–water partition coefficient (Wildman–Crippen LogP) is 3.42. The zero-order valence-electron chi connectivity index (χ0n) is 10.1. The van der Waals surface area contributed by atoms with E-state index in [1.807, 2.05) is 17.5 Å². The Kier molecular flexibility index (Phi) is 2.55. The summed E-state index contributed by atoms with van der Waals surface area (Å²) in [7, 11) is 1.66. The molecule has 0 unspecified atom stereocenters. The number of carboxylic acid groups (broad SMARTS) is 1. The molecule has 0 bridgehead atoms. The largest absolute Gasteiger partial charge is 0.495 e. The molecule has 1 aromatic carbocycles. The summed E-state index contributed by atoms with van der Waals surface area (Å²) < 4.78 is 6.47. The standard InChI is InChI=1S/C14H14O3S/c1-17-11-3-2-10(9-4-7-18-13(9)11)14(5-6-14)8-12(15)16/h2-4,7H,5-6,8H2,1H3,(H,15,16). The maximum atomic E-state index is 11.0. The Labute approximate surface area is 109 Å². The first-order chi connectivity index (χ1) is 8.66. The molecule has 1 fully saturated rings. The highest BCUT2D eigenvalue weighted by Gasteiger charge is 2.47. The average molecular weight is 262 g/mol. The fourth-order valence-corrected chi connectivity index (χ4v) is 3.55. The van der Waals surface area contributed by atoms with Gasteiger partial charge in [-0.1, -0.05) is 6.07 Å². The molecule has 4 heteroatoms. The lowest BCUT2D eigenvalue weighted by Gasteiger charge is -2.15. The third-order valence-electron chi connectivity index (χ3n) is 3.71. The predicted molar refractivity (Wildman–Crippen MR) is 71.5 cm³/mol. The zero-order valence-corrected chi connectivity index (χ0v) is 10.9. The minimum atomic E-state index is -0.716. The van der Waals surface area contributed by atoms with Crippen LogP contribution in [0.25, 0.3) is 10.1 Å². The van der Waals surface area contributed by atoms with Gasteiger partial charge < -0.3 is 9.84 Å². The Morgan fingerprint density at radius 3 is 2.83 bits per heavy atom. The summed E-state index contributed by atoms with van der Waals surface area (Å²) in [6.45, 7) is 0. The van der Waals surface area contributed by atoms with Crippen LogP contribution in [0.5, 0.6) is 5.75 Å². The minimum Gasteiger partial charge on any atom is -0.495 e. The van der Waals surface area contributed by atoms with E-state index in [0.29, 0.717) is 0 Å². The summed E-state index contributed by atoms with van der Waals surface area (Å²) in [6, 6.07) is 6.06. The van der Waals surface area contributed by atoms with Gasteiger partial charge in [-0.3, -0.25) is 4.79 Å². The molecule has 2 aromatic rings. The van der Waals surface area contributed by atoms with Crippen LogP contribution in [0.15, 0.2) is 23.6 Å². The van der Waals surface area contributed by atoms with E-state index in [9.17, 15) is 4.79 Å². The molecule has 0 aliphatic heterocycles. The number of carbonyl (C=O) groups is 1. The molecule has 1 aliphatic carbocycles. The van der Waals surface area contributed by atoms with Gasteiger partial charge in [-0.2, -0.15) is 0 Å². The van der Waals surface area contributed by atoms with Crippen LogP contribution in [0.3, 0.4) is 0 Å². The number of methoxy groups -OCH3 is 1. The second kappa shape index (κ2) is 3.99. The van der Waals surface area contributed by atoms with E-state index in [-0.39, 0.29) is 11.8 Å². The number of rotatable bonds is 4. The van der Waals surface area contributed by atoms with Crippen LogP contribution in [-0.2, 0) is 10.2 Å². The van der Waals surface area contributed by atoms with Crippen molar-refractivity contribution in [2.75, 3.05) is 7.11 Å². The van der Waals surface area contributed by atoms with Crippen LogP contribution < -0.4 is 4.74 Å². The Morgan fingerprint density at radius 2 is 2.22 bits per heavy atom. The molecule has 1 saturated carbocycles. The van der Waals surface area contributed by atoms with Gasteiger partial charge in [0, 0.05) is 5.41 Å². The van der Waals surface area contributed by atoms with Gasteiger partial charge in [-0.25, -0.2) is 0 Å². The number of thiophene rings is 1. The number of carboxylic acids is 1. The van der Waals surface area contributed by atoms with Gasteiger partial charge in [-0.15, -0.1) is 11.3 Å². The molecule has 0 amide bonds. The fourth-order valence-electron chi connectivity index (χ4n) is 2.64. The lowest BCUT2D eigenvalue weighted by atomic mass is 9.90. The molecule has 3 nitrogen and oxygen atoms in total. The quantitative estimate of drug-likeness (QED) is 0.918. The Balaban J connectivity index is 2.13. The summed E-state index contributed by atoms with van der Waals surface area (Å²) in [6.07, 6.45) is 2.16. The van der Waals surface area contributed by atoms with Crippen molar-refractivity contribution in [2.24, 2.45) is 0 Å². The molecule has 3 rings (SSSR count). The summed E-state index contributed by atoms with van der Waals surface area (Å²) in [5, 5.41) is 12.2. The monoisotopic (exact) mass is 262 g/mol. The first-order valence-corrected chi connectivity index (χ1v) is 6.81. The molecule has 1 N–H and O–H groups in total. The van der Waals surface area contributed by atoms with Gasteiger partial charge in [0.1, 0.15) is 5.75 Å². The lowest BCUT2D eigenvalue weighted by molar-refractivity contribution is -0.137. The van der Waals surface area contributed by atoms with Gasteiger partial charge in [0.2, 0.25) is 0 Å². The SMILES string of the molecule is COc1ccc(C2(CC(=O)O)CC2)c2ccsc12. The normalized spacial score (nSPS) is 16.7. The highest BCUT2D eigenvalue weighted by Crippen LogP contribution is 2.54.